The number of amides is 1. The molecule has 6 heteroatoms. The minimum Gasteiger partial charge on any atom is -0.369 e. The number of carbonyl (C=O) groups excluding carboxylic acids is 1. The molecule has 1 atom stereocenters. The van der Waals surface area contributed by atoms with Crippen molar-refractivity contribution in [3.63, 3.8) is 0 Å². The van der Waals surface area contributed by atoms with E-state index in [1.165, 1.54) is 5.69 Å². The van der Waals surface area contributed by atoms with Crippen molar-refractivity contribution in [2.24, 2.45) is 0 Å². The standard InChI is InChI=1S/C21H27N3O2S/c1-27(26)17-18-6-5-7-19(16-18)21(25)22-10-11-23-12-14-24(15-13-23)20-8-3-2-4-9-20/h2-9,16H,10-15,17H2,1H3,(H,22,25)/t27-/m1/s1. The number of para-hydroxylation sites is 1. The molecule has 1 saturated heterocycles. The summed E-state index contributed by atoms with van der Waals surface area (Å²) in [6.45, 7) is 5.51. The average molecular weight is 386 g/mol. The Morgan fingerprint density at radius 2 is 1.78 bits per heavy atom. The SMILES string of the molecule is C[S@@](=O)Cc1cccc(C(=O)NCCN2CCN(c3ccccc3)CC2)c1. The van der Waals surface area contributed by atoms with Crippen LogP contribution in [0.1, 0.15) is 15.9 Å². The third kappa shape index (κ3) is 5.91. The van der Waals surface area contributed by atoms with Gasteiger partial charge in [0.1, 0.15) is 0 Å². The molecular formula is C21H27N3O2S. The number of rotatable bonds is 7. The molecule has 1 aliphatic heterocycles. The minimum atomic E-state index is -0.906. The van der Waals surface area contributed by atoms with E-state index in [4.69, 9.17) is 0 Å². The van der Waals surface area contributed by atoms with E-state index >= 15 is 0 Å². The van der Waals surface area contributed by atoms with E-state index in [0.717, 1.165) is 38.3 Å². The molecule has 1 aliphatic rings. The van der Waals surface area contributed by atoms with E-state index in [-0.39, 0.29) is 5.91 Å². The summed E-state index contributed by atoms with van der Waals surface area (Å²) in [5, 5.41) is 3.00. The van der Waals surface area contributed by atoms with Gasteiger partial charge in [0.2, 0.25) is 0 Å². The lowest BCUT2D eigenvalue weighted by molar-refractivity contribution is 0.0947. The van der Waals surface area contributed by atoms with Gasteiger partial charge in [0, 0.05) is 73.3 Å². The molecule has 2 aromatic rings. The molecular weight excluding hydrogens is 358 g/mol. The largest absolute Gasteiger partial charge is 0.369 e. The predicted molar refractivity (Wildman–Crippen MR) is 112 cm³/mol. The van der Waals surface area contributed by atoms with Crippen molar-refractivity contribution < 1.29 is 9.00 Å². The maximum atomic E-state index is 12.3. The fourth-order valence-electron chi connectivity index (χ4n) is 3.34. The van der Waals surface area contributed by atoms with Gasteiger partial charge < -0.3 is 10.2 Å². The highest BCUT2D eigenvalue weighted by molar-refractivity contribution is 7.83. The first-order valence-corrected chi connectivity index (χ1v) is 11.0. The summed E-state index contributed by atoms with van der Waals surface area (Å²) in [4.78, 5) is 17.1. The Balaban J connectivity index is 1.41. The summed E-state index contributed by atoms with van der Waals surface area (Å²) in [5.41, 5.74) is 2.84. The number of anilines is 1. The van der Waals surface area contributed by atoms with Crippen molar-refractivity contribution in [1.29, 1.82) is 0 Å². The Kier molecular flexibility index (Phi) is 7.01. The number of nitrogens with one attached hydrogen (secondary N) is 1. The van der Waals surface area contributed by atoms with Gasteiger partial charge in [0.15, 0.2) is 0 Å². The molecule has 0 aliphatic carbocycles. The van der Waals surface area contributed by atoms with Crippen LogP contribution < -0.4 is 10.2 Å². The summed E-state index contributed by atoms with van der Waals surface area (Å²) >= 11 is 0. The Morgan fingerprint density at radius 3 is 2.48 bits per heavy atom. The summed E-state index contributed by atoms with van der Waals surface area (Å²) in [7, 11) is -0.906. The van der Waals surface area contributed by atoms with Crippen molar-refractivity contribution >= 4 is 22.4 Å². The van der Waals surface area contributed by atoms with E-state index in [1.807, 2.05) is 24.3 Å². The van der Waals surface area contributed by atoms with Gasteiger partial charge in [-0.1, -0.05) is 30.3 Å². The van der Waals surface area contributed by atoms with Crippen LogP contribution in [0.25, 0.3) is 0 Å². The first-order valence-electron chi connectivity index (χ1n) is 9.31. The highest BCUT2D eigenvalue weighted by Gasteiger charge is 2.17. The normalized spacial score (nSPS) is 16.1. The van der Waals surface area contributed by atoms with Gasteiger partial charge >= 0.3 is 0 Å². The van der Waals surface area contributed by atoms with E-state index in [1.54, 1.807) is 12.3 Å². The number of benzene rings is 2. The zero-order valence-corrected chi connectivity index (χ0v) is 16.6. The van der Waals surface area contributed by atoms with Crippen LogP contribution in [0.15, 0.2) is 54.6 Å². The molecule has 0 radical (unpaired) electrons. The van der Waals surface area contributed by atoms with Crippen LogP contribution in [-0.2, 0) is 16.6 Å². The quantitative estimate of drug-likeness (QED) is 0.793. The Labute approximate surface area is 163 Å². The van der Waals surface area contributed by atoms with E-state index in [9.17, 15) is 9.00 Å². The lowest BCUT2D eigenvalue weighted by Crippen LogP contribution is -2.48. The lowest BCUT2D eigenvalue weighted by Gasteiger charge is -2.36. The van der Waals surface area contributed by atoms with Gasteiger partial charge in [-0.3, -0.25) is 13.9 Å². The molecule has 0 spiro atoms. The number of carbonyl (C=O) groups is 1. The van der Waals surface area contributed by atoms with Crippen molar-refractivity contribution in [1.82, 2.24) is 10.2 Å². The predicted octanol–water partition coefficient (Wildman–Crippen LogP) is 2.12. The minimum absolute atomic E-state index is 0.0679. The van der Waals surface area contributed by atoms with Gasteiger partial charge in [-0.15, -0.1) is 0 Å². The lowest BCUT2D eigenvalue weighted by atomic mass is 10.1. The average Bonchev–Trinajstić information content (AvgIpc) is 2.69. The molecule has 0 bridgehead atoms. The molecule has 0 aromatic heterocycles. The summed E-state index contributed by atoms with van der Waals surface area (Å²) < 4.78 is 11.4. The fraction of sp³-hybridized carbons (Fsp3) is 0.381. The number of hydrogen-bond donors (Lipinski definition) is 1. The summed E-state index contributed by atoms with van der Waals surface area (Å²) in [5.74, 6) is 0.411. The zero-order chi connectivity index (χ0) is 19.1. The molecule has 3 rings (SSSR count). The maximum absolute atomic E-state index is 12.3. The number of hydrogen-bond acceptors (Lipinski definition) is 4. The fourth-order valence-corrected chi connectivity index (χ4v) is 3.98. The Morgan fingerprint density at radius 1 is 1.04 bits per heavy atom. The van der Waals surface area contributed by atoms with E-state index in [0.29, 0.717) is 17.9 Å². The van der Waals surface area contributed by atoms with Crippen LogP contribution in [0.3, 0.4) is 0 Å². The molecule has 1 amide bonds. The Bertz CT molecular complexity index is 774. The highest BCUT2D eigenvalue weighted by atomic mass is 32.2. The topological polar surface area (TPSA) is 52.7 Å². The van der Waals surface area contributed by atoms with Crippen LogP contribution in [0, 0.1) is 0 Å². The molecule has 1 N–H and O–H groups in total. The molecule has 5 nitrogen and oxygen atoms in total. The number of nitrogens with zero attached hydrogens (tertiary/aromatic N) is 2. The molecule has 144 valence electrons. The molecule has 2 aromatic carbocycles. The molecule has 27 heavy (non-hydrogen) atoms. The number of piperazine rings is 1. The van der Waals surface area contributed by atoms with Crippen LogP contribution in [-0.4, -0.2) is 60.5 Å². The summed E-state index contributed by atoms with van der Waals surface area (Å²) in [6.07, 6.45) is 1.67. The first kappa shape index (κ1) is 19.6. The molecule has 1 fully saturated rings. The highest BCUT2D eigenvalue weighted by Crippen LogP contribution is 2.15. The van der Waals surface area contributed by atoms with Gasteiger partial charge in [-0.25, -0.2) is 0 Å². The van der Waals surface area contributed by atoms with Gasteiger partial charge in [0.05, 0.1) is 0 Å². The second-order valence-corrected chi connectivity index (χ2v) is 8.27. The maximum Gasteiger partial charge on any atom is 0.251 e. The summed E-state index contributed by atoms with van der Waals surface area (Å²) in [6, 6.07) is 17.9. The van der Waals surface area contributed by atoms with Crippen LogP contribution in [0.5, 0.6) is 0 Å². The van der Waals surface area contributed by atoms with Crippen molar-refractivity contribution in [2.75, 3.05) is 50.4 Å². The van der Waals surface area contributed by atoms with Crippen molar-refractivity contribution in [2.45, 2.75) is 5.75 Å². The third-order valence-corrected chi connectivity index (χ3v) is 5.51. The van der Waals surface area contributed by atoms with Crippen LogP contribution in [0.2, 0.25) is 0 Å². The smallest absolute Gasteiger partial charge is 0.251 e. The van der Waals surface area contributed by atoms with Crippen molar-refractivity contribution in [3.05, 3.63) is 65.7 Å². The zero-order valence-electron chi connectivity index (χ0n) is 15.8. The second kappa shape index (κ2) is 9.67. The van der Waals surface area contributed by atoms with Gasteiger partial charge in [0.25, 0.3) is 5.91 Å². The van der Waals surface area contributed by atoms with E-state index < -0.39 is 10.8 Å². The van der Waals surface area contributed by atoms with Crippen molar-refractivity contribution in [3.8, 4) is 0 Å². The van der Waals surface area contributed by atoms with Crippen LogP contribution >= 0.6 is 0 Å². The molecule has 1 heterocycles. The molecule has 0 unspecified atom stereocenters. The van der Waals surface area contributed by atoms with E-state index in [2.05, 4.69) is 39.4 Å². The van der Waals surface area contributed by atoms with Crippen LogP contribution in [0.4, 0.5) is 5.69 Å². The molecule has 0 saturated carbocycles. The third-order valence-electron chi connectivity index (χ3n) is 4.77. The monoisotopic (exact) mass is 385 g/mol. The van der Waals surface area contributed by atoms with Gasteiger partial charge in [-0.05, 0) is 29.8 Å². The first-order chi connectivity index (χ1) is 13.1. The second-order valence-electron chi connectivity index (χ2n) is 6.84. The Hall–Kier alpha value is -2.18. The van der Waals surface area contributed by atoms with Gasteiger partial charge in [-0.2, -0.15) is 0 Å².